The molecular weight excluding hydrogens is 486 g/mol. The van der Waals surface area contributed by atoms with Crippen molar-refractivity contribution < 1.29 is 19.1 Å². The number of halogens is 1. The normalized spacial score (nSPS) is 10.6. The first-order valence-corrected chi connectivity index (χ1v) is 11.1. The van der Waals surface area contributed by atoms with Crippen LogP contribution in [0.3, 0.4) is 0 Å². The number of carbonyl (C=O) groups excluding carboxylic acids is 2. The second kappa shape index (κ2) is 11.8. The first-order valence-electron chi connectivity index (χ1n) is 10.3. The predicted octanol–water partition coefficient (Wildman–Crippen LogP) is 4.94. The van der Waals surface area contributed by atoms with Crippen LogP contribution in [0.15, 0.2) is 76.3 Å². The number of nitrogens with zero attached hydrogens (tertiary/aromatic N) is 1. The Kier molecular flexibility index (Phi) is 8.60. The fourth-order valence-corrected chi connectivity index (χ4v) is 3.13. The fourth-order valence-electron chi connectivity index (χ4n) is 2.87. The van der Waals surface area contributed by atoms with Crippen LogP contribution in [0.25, 0.3) is 0 Å². The van der Waals surface area contributed by atoms with E-state index in [9.17, 15) is 9.59 Å². The van der Waals surface area contributed by atoms with Crippen LogP contribution in [0, 0.1) is 6.92 Å². The maximum atomic E-state index is 12.4. The zero-order valence-electron chi connectivity index (χ0n) is 18.3. The van der Waals surface area contributed by atoms with Gasteiger partial charge in [0.25, 0.3) is 5.91 Å². The van der Waals surface area contributed by atoms with Crippen LogP contribution >= 0.6 is 15.9 Å². The molecule has 0 saturated heterocycles. The van der Waals surface area contributed by atoms with Gasteiger partial charge in [-0.15, -0.1) is 0 Å². The van der Waals surface area contributed by atoms with E-state index in [1.54, 1.807) is 42.5 Å². The van der Waals surface area contributed by atoms with Gasteiger partial charge in [-0.3, -0.25) is 4.79 Å². The standard InChI is InChI=1S/C25H24BrN3O4/c1-3-32-23-14-18(8-13-22(23)33-25(31)19-9-11-20(26)12-10-19)15-28-29-24(30)16-27-21-7-5-4-6-17(21)2/h4-15,27H,3,16H2,1-2H3,(H,29,30). The fraction of sp³-hybridized carbons (Fsp3) is 0.160. The summed E-state index contributed by atoms with van der Waals surface area (Å²) < 4.78 is 12.0. The van der Waals surface area contributed by atoms with E-state index < -0.39 is 5.97 Å². The second-order valence-corrected chi connectivity index (χ2v) is 7.91. The third-order valence-electron chi connectivity index (χ3n) is 4.54. The molecule has 1 amide bonds. The third-order valence-corrected chi connectivity index (χ3v) is 5.07. The summed E-state index contributed by atoms with van der Waals surface area (Å²) in [7, 11) is 0. The van der Waals surface area contributed by atoms with Gasteiger partial charge in [0, 0.05) is 10.2 Å². The van der Waals surface area contributed by atoms with Gasteiger partial charge in [-0.25, -0.2) is 10.2 Å². The number of anilines is 1. The second-order valence-electron chi connectivity index (χ2n) is 7.00. The van der Waals surface area contributed by atoms with Gasteiger partial charge >= 0.3 is 5.97 Å². The van der Waals surface area contributed by atoms with Crippen LogP contribution in [0.4, 0.5) is 5.69 Å². The molecular formula is C25H24BrN3O4. The van der Waals surface area contributed by atoms with Crippen molar-refractivity contribution in [2.45, 2.75) is 13.8 Å². The van der Waals surface area contributed by atoms with Crippen molar-refractivity contribution in [1.82, 2.24) is 5.43 Å². The first kappa shape index (κ1) is 24.0. The Morgan fingerprint density at radius 3 is 2.52 bits per heavy atom. The topological polar surface area (TPSA) is 89.0 Å². The zero-order valence-corrected chi connectivity index (χ0v) is 19.9. The molecule has 3 rings (SSSR count). The van der Waals surface area contributed by atoms with E-state index in [4.69, 9.17) is 9.47 Å². The highest BCUT2D eigenvalue weighted by atomic mass is 79.9. The molecule has 3 aromatic carbocycles. The van der Waals surface area contributed by atoms with Gasteiger partial charge in [0.2, 0.25) is 0 Å². The van der Waals surface area contributed by atoms with E-state index in [1.165, 1.54) is 6.21 Å². The predicted molar refractivity (Wildman–Crippen MR) is 132 cm³/mol. The lowest BCUT2D eigenvalue weighted by Crippen LogP contribution is -2.26. The molecule has 0 spiro atoms. The molecule has 0 heterocycles. The average molecular weight is 510 g/mol. The Morgan fingerprint density at radius 1 is 1.03 bits per heavy atom. The number of rotatable bonds is 9. The lowest BCUT2D eigenvalue weighted by Gasteiger charge is -2.11. The Hall–Kier alpha value is -3.65. The number of hydrogen-bond donors (Lipinski definition) is 2. The summed E-state index contributed by atoms with van der Waals surface area (Å²) in [5.41, 5.74) is 5.53. The number of carbonyl (C=O) groups is 2. The average Bonchev–Trinajstić information content (AvgIpc) is 2.80. The van der Waals surface area contributed by atoms with Gasteiger partial charge in [0.05, 0.1) is 24.9 Å². The van der Waals surface area contributed by atoms with E-state index in [0.29, 0.717) is 29.2 Å². The van der Waals surface area contributed by atoms with Gasteiger partial charge in [-0.2, -0.15) is 5.10 Å². The molecule has 0 aliphatic carbocycles. The van der Waals surface area contributed by atoms with Crippen LogP contribution in [-0.2, 0) is 4.79 Å². The van der Waals surface area contributed by atoms with Crippen LogP contribution in [0.1, 0.15) is 28.4 Å². The molecule has 0 radical (unpaired) electrons. The SMILES string of the molecule is CCOc1cc(C=NNC(=O)CNc2ccccc2C)ccc1OC(=O)c1ccc(Br)cc1. The number of nitrogens with one attached hydrogen (secondary N) is 2. The molecule has 0 aromatic heterocycles. The van der Waals surface area contributed by atoms with E-state index >= 15 is 0 Å². The summed E-state index contributed by atoms with van der Waals surface area (Å²) in [6.07, 6.45) is 1.49. The van der Waals surface area contributed by atoms with Crippen molar-refractivity contribution in [1.29, 1.82) is 0 Å². The highest BCUT2D eigenvalue weighted by molar-refractivity contribution is 9.10. The largest absolute Gasteiger partial charge is 0.490 e. The molecule has 2 N–H and O–H groups in total. The van der Waals surface area contributed by atoms with Crippen LogP contribution in [0.2, 0.25) is 0 Å². The van der Waals surface area contributed by atoms with Crippen LogP contribution in [0.5, 0.6) is 11.5 Å². The van der Waals surface area contributed by atoms with Crippen molar-refractivity contribution in [2.75, 3.05) is 18.5 Å². The van der Waals surface area contributed by atoms with Crippen molar-refractivity contribution in [3.05, 3.63) is 87.9 Å². The number of hydrazone groups is 1. The lowest BCUT2D eigenvalue weighted by molar-refractivity contribution is -0.119. The minimum absolute atomic E-state index is 0.0946. The number of aryl methyl sites for hydroxylation is 1. The Bertz CT molecular complexity index is 1150. The monoisotopic (exact) mass is 509 g/mol. The Balaban J connectivity index is 1.60. The molecule has 33 heavy (non-hydrogen) atoms. The Morgan fingerprint density at radius 2 is 1.79 bits per heavy atom. The molecule has 0 unspecified atom stereocenters. The van der Waals surface area contributed by atoms with Gasteiger partial charge in [-0.05, 0) is 73.5 Å². The van der Waals surface area contributed by atoms with Crippen LogP contribution < -0.4 is 20.2 Å². The van der Waals surface area contributed by atoms with E-state index in [0.717, 1.165) is 15.7 Å². The number of para-hydroxylation sites is 1. The van der Waals surface area contributed by atoms with E-state index in [-0.39, 0.29) is 12.5 Å². The van der Waals surface area contributed by atoms with Crippen molar-refractivity contribution in [3.8, 4) is 11.5 Å². The molecule has 0 fully saturated rings. The number of benzene rings is 3. The molecule has 0 saturated carbocycles. The summed E-state index contributed by atoms with van der Waals surface area (Å²) >= 11 is 3.34. The summed E-state index contributed by atoms with van der Waals surface area (Å²) in [6, 6.07) is 19.6. The summed E-state index contributed by atoms with van der Waals surface area (Å²) in [5, 5.41) is 7.06. The van der Waals surface area contributed by atoms with E-state index in [2.05, 4.69) is 31.8 Å². The summed E-state index contributed by atoms with van der Waals surface area (Å²) in [5.74, 6) is -0.0642. The smallest absolute Gasteiger partial charge is 0.343 e. The molecule has 3 aromatic rings. The van der Waals surface area contributed by atoms with Gasteiger partial charge in [0.1, 0.15) is 0 Å². The molecule has 0 aliphatic heterocycles. The lowest BCUT2D eigenvalue weighted by atomic mass is 10.2. The maximum absolute atomic E-state index is 12.4. The van der Waals surface area contributed by atoms with E-state index in [1.807, 2.05) is 38.1 Å². The molecule has 7 nitrogen and oxygen atoms in total. The highest BCUT2D eigenvalue weighted by Gasteiger charge is 2.13. The quantitative estimate of drug-likeness (QED) is 0.184. The third kappa shape index (κ3) is 7.18. The van der Waals surface area contributed by atoms with Gasteiger partial charge in [-0.1, -0.05) is 34.1 Å². The number of esters is 1. The number of ether oxygens (including phenoxy) is 2. The molecule has 0 atom stereocenters. The molecule has 0 aliphatic rings. The van der Waals surface area contributed by atoms with Crippen LogP contribution in [-0.4, -0.2) is 31.2 Å². The van der Waals surface area contributed by atoms with Gasteiger partial charge in [0.15, 0.2) is 11.5 Å². The number of amides is 1. The summed E-state index contributed by atoms with van der Waals surface area (Å²) in [6.45, 7) is 4.29. The highest BCUT2D eigenvalue weighted by Crippen LogP contribution is 2.29. The van der Waals surface area contributed by atoms with Crippen molar-refractivity contribution in [2.24, 2.45) is 5.10 Å². The first-order chi connectivity index (χ1) is 16.0. The minimum atomic E-state index is -0.488. The van der Waals surface area contributed by atoms with Gasteiger partial charge < -0.3 is 14.8 Å². The van der Waals surface area contributed by atoms with Crippen molar-refractivity contribution in [3.63, 3.8) is 0 Å². The molecule has 8 heteroatoms. The van der Waals surface area contributed by atoms with Crippen molar-refractivity contribution >= 4 is 39.7 Å². The zero-order chi connectivity index (χ0) is 23.6. The maximum Gasteiger partial charge on any atom is 0.343 e. The Labute approximate surface area is 200 Å². The minimum Gasteiger partial charge on any atom is -0.490 e. The molecule has 170 valence electrons. The molecule has 0 bridgehead atoms. The number of hydrogen-bond acceptors (Lipinski definition) is 6. The summed E-state index contributed by atoms with van der Waals surface area (Å²) in [4.78, 5) is 24.5.